The summed E-state index contributed by atoms with van der Waals surface area (Å²) in [6, 6.07) is 6.80. The van der Waals surface area contributed by atoms with Gasteiger partial charge in [0.15, 0.2) is 0 Å². The lowest BCUT2D eigenvalue weighted by molar-refractivity contribution is -0.132. The average molecular weight is 343 g/mol. The van der Waals surface area contributed by atoms with Gasteiger partial charge in [0.2, 0.25) is 5.91 Å². The van der Waals surface area contributed by atoms with E-state index in [1.54, 1.807) is 12.1 Å². The van der Waals surface area contributed by atoms with Crippen molar-refractivity contribution < 1.29 is 9.18 Å². The van der Waals surface area contributed by atoms with Gasteiger partial charge in [0.1, 0.15) is 11.6 Å². The van der Waals surface area contributed by atoms with Crippen molar-refractivity contribution in [1.82, 2.24) is 14.5 Å². The van der Waals surface area contributed by atoms with Crippen LogP contribution in [0.2, 0.25) is 0 Å². The maximum absolute atomic E-state index is 12.9. The molecule has 1 aliphatic rings. The molecule has 0 aliphatic carbocycles. The zero-order valence-electron chi connectivity index (χ0n) is 15.0. The standard InChI is InChI=1S/C20H26FN3O/c1-15(2)24-14-11-22-20(24)17-9-12-23(13-10-17)19(25)8-5-16-3-6-18(21)7-4-16/h3-4,6-7,11,14-15,17H,5,8-10,12-13H2,1-2H3. The summed E-state index contributed by atoms with van der Waals surface area (Å²) in [5.41, 5.74) is 1.00. The van der Waals surface area contributed by atoms with Gasteiger partial charge in [0.05, 0.1) is 0 Å². The quantitative estimate of drug-likeness (QED) is 0.825. The van der Waals surface area contributed by atoms with E-state index in [-0.39, 0.29) is 11.7 Å². The second-order valence-electron chi connectivity index (χ2n) is 7.07. The van der Waals surface area contributed by atoms with Crippen molar-refractivity contribution in [2.75, 3.05) is 13.1 Å². The summed E-state index contributed by atoms with van der Waals surface area (Å²) in [6.45, 7) is 5.91. The van der Waals surface area contributed by atoms with Crippen LogP contribution in [0.1, 0.15) is 56.5 Å². The van der Waals surface area contributed by atoms with Gasteiger partial charge < -0.3 is 9.47 Å². The van der Waals surface area contributed by atoms with Gasteiger partial charge in [-0.1, -0.05) is 12.1 Å². The van der Waals surface area contributed by atoms with E-state index < -0.39 is 0 Å². The molecule has 1 amide bonds. The Morgan fingerprint density at radius 2 is 1.92 bits per heavy atom. The van der Waals surface area contributed by atoms with Crippen LogP contribution < -0.4 is 0 Å². The van der Waals surface area contributed by atoms with Crippen molar-refractivity contribution in [1.29, 1.82) is 0 Å². The van der Waals surface area contributed by atoms with Gasteiger partial charge in [-0.2, -0.15) is 0 Å². The van der Waals surface area contributed by atoms with Crippen LogP contribution in [-0.4, -0.2) is 33.4 Å². The van der Waals surface area contributed by atoms with Gasteiger partial charge in [-0.15, -0.1) is 0 Å². The maximum Gasteiger partial charge on any atom is 0.222 e. The van der Waals surface area contributed by atoms with Crippen LogP contribution in [0.3, 0.4) is 0 Å². The Morgan fingerprint density at radius 1 is 1.24 bits per heavy atom. The molecule has 0 unspecified atom stereocenters. The molecule has 1 saturated heterocycles. The highest BCUT2D eigenvalue weighted by atomic mass is 19.1. The fourth-order valence-corrected chi connectivity index (χ4v) is 3.53. The van der Waals surface area contributed by atoms with Crippen LogP contribution in [0.5, 0.6) is 0 Å². The monoisotopic (exact) mass is 343 g/mol. The number of likely N-dealkylation sites (tertiary alicyclic amines) is 1. The number of aromatic nitrogens is 2. The lowest BCUT2D eigenvalue weighted by Gasteiger charge is -2.32. The highest BCUT2D eigenvalue weighted by Gasteiger charge is 2.26. The Balaban J connectivity index is 1.50. The third-order valence-corrected chi connectivity index (χ3v) is 5.01. The van der Waals surface area contributed by atoms with E-state index in [0.29, 0.717) is 24.8 Å². The first kappa shape index (κ1) is 17.6. The van der Waals surface area contributed by atoms with Gasteiger partial charge in [-0.25, -0.2) is 9.37 Å². The van der Waals surface area contributed by atoms with E-state index >= 15 is 0 Å². The fourth-order valence-electron chi connectivity index (χ4n) is 3.53. The Hall–Kier alpha value is -2.17. The summed E-state index contributed by atoms with van der Waals surface area (Å²) in [7, 11) is 0. The normalized spacial score (nSPS) is 15.8. The molecule has 0 N–H and O–H groups in total. The number of imidazole rings is 1. The highest BCUT2D eigenvalue weighted by Crippen LogP contribution is 2.28. The second kappa shape index (κ2) is 7.81. The summed E-state index contributed by atoms with van der Waals surface area (Å²) in [5.74, 6) is 1.53. The molecule has 1 fully saturated rings. The molecule has 2 aromatic rings. The van der Waals surface area contributed by atoms with Gasteiger partial charge in [-0.05, 0) is 50.8 Å². The number of halogens is 1. The van der Waals surface area contributed by atoms with Crippen molar-refractivity contribution in [3.8, 4) is 0 Å². The molecule has 1 aromatic heterocycles. The molecule has 0 bridgehead atoms. The second-order valence-corrected chi connectivity index (χ2v) is 7.07. The highest BCUT2D eigenvalue weighted by molar-refractivity contribution is 5.76. The number of carbonyl (C=O) groups is 1. The molecule has 25 heavy (non-hydrogen) atoms. The summed E-state index contributed by atoms with van der Waals surface area (Å²) >= 11 is 0. The van der Waals surface area contributed by atoms with Crippen molar-refractivity contribution in [3.63, 3.8) is 0 Å². The zero-order valence-corrected chi connectivity index (χ0v) is 15.0. The van der Waals surface area contributed by atoms with Crippen molar-refractivity contribution >= 4 is 5.91 Å². The summed E-state index contributed by atoms with van der Waals surface area (Å²) < 4.78 is 15.2. The molecule has 134 valence electrons. The molecule has 0 saturated carbocycles. The molecule has 0 atom stereocenters. The van der Waals surface area contributed by atoms with E-state index in [0.717, 1.165) is 37.3 Å². The third kappa shape index (κ3) is 4.27. The van der Waals surface area contributed by atoms with Crippen LogP contribution in [0, 0.1) is 5.82 Å². The lowest BCUT2D eigenvalue weighted by atomic mass is 9.95. The van der Waals surface area contributed by atoms with E-state index in [4.69, 9.17) is 0 Å². The van der Waals surface area contributed by atoms with Crippen LogP contribution in [0.15, 0.2) is 36.7 Å². The number of hydrogen-bond acceptors (Lipinski definition) is 2. The predicted molar refractivity (Wildman–Crippen MR) is 95.9 cm³/mol. The number of aryl methyl sites for hydroxylation is 1. The van der Waals surface area contributed by atoms with Crippen LogP contribution in [-0.2, 0) is 11.2 Å². The smallest absolute Gasteiger partial charge is 0.222 e. The molecule has 0 spiro atoms. The Morgan fingerprint density at radius 3 is 2.56 bits per heavy atom. The Bertz CT molecular complexity index is 700. The molecule has 2 heterocycles. The summed E-state index contributed by atoms with van der Waals surface area (Å²) in [5, 5.41) is 0. The first-order chi connectivity index (χ1) is 12.0. The largest absolute Gasteiger partial charge is 0.343 e. The number of nitrogens with zero attached hydrogens (tertiary/aromatic N) is 3. The summed E-state index contributed by atoms with van der Waals surface area (Å²) in [6.07, 6.45) is 6.99. The number of piperidine rings is 1. The van der Waals surface area contributed by atoms with Crippen LogP contribution in [0.4, 0.5) is 4.39 Å². The lowest BCUT2D eigenvalue weighted by Crippen LogP contribution is -2.38. The van der Waals surface area contributed by atoms with Crippen LogP contribution in [0.25, 0.3) is 0 Å². The van der Waals surface area contributed by atoms with Gasteiger partial charge in [-0.3, -0.25) is 4.79 Å². The SMILES string of the molecule is CC(C)n1ccnc1C1CCN(C(=O)CCc2ccc(F)cc2)CC1. The Labute approximate surface area is 148 Å². The van der Waals surface area contributed by atoms with E-state index in [1.165, 1.54) is 12.1 Å². The molecule has 4 nitrogen and oxygen atoms in total. The molecular formula is C20H26FN3O. The third-order valence-electron chi connectivity index (χ3n) is 5.01. The van der Waals surface area contributed by atoms with Crippen molar-refractivity contribution in [2.45, 2.75) is 51.5 Å². The molecule has 1 aliphatic heterocycles. The number of amides is 1. The number of rotatable bonds is 5. The molecule has 3 rings (SSSR count). The molecule has 1 aromatic carbocycles. The average Bonchev–Trinajstić information content (AvgIpc) is 3.11. The minimum atomic E-state index is -0.239. The van der Waals surface area contributed by atoms with Crippen molar-refractivity contribution in [2.24, 2.45) is 0 Å². The number of carbonyl (C=O) groups excluding carboxylic acids is 1. The number of benzene rings is 1. The number of hydrogen-bond donors (Lipinski definition) is 0. The molecule has 5 heteroatoms. The van der Waals surface area contributed by atoms with Gasteiger partial charge in [0, 0.05) is 43.9 Å². The van der Waals surface area contributed by atoms with Crippen molar-refractivity contribution in [3.05, 3.63) is 53.9 Å². The minimum Gasteiger partial charge on any atom is -0.343 e. The Kier molecular flexibility index (Phi) is 5.51. The first-order valence-electron chi connectivity index (χ1n) is 9.09. The summed E-state index contributed by atoms with van der Waals surface area (Å²) in [4.78, 5) is 18.9. The minimum absolute atomic E-state index is 0.190. The van der Waals surface area contributed by atoms with E-state index in [2.05, 4.69) is 23.4 Å². The first-order valence-corrected chi connectivity index (χ1v) is 9.09. The zero-order chi connectivity index (χ0) is 17.8. The predicted octanol–water partition coefficient (Wildman–Crippen LogP) is 3.94. The topological polar surface area (TPSA) is 38.1 Å². The molecule has 0 radical (unpaired) electrons. The van der Waals surface area contributed by atoms with E-state index in [1.807, 2.05) is 17.3 Å². The van der Waals surface area contributed by atoms with E-state index in [9.17, 15) is 9.18 Å². The maximum atomic E-state index is 12.9. The van der Waals surface area contributed by atoms with Crippen LogP contribution >= 0.6 is 0 Å². The van der Waals surface area contributed by atoms with Gasteiger partial charge in [0.25, 0.3) is 0 Å². The van der Waals surface area contributed by atoms with Gasteiger partial charge >= 0.3 is 0 Å². The molecular weight excluding hydrogens is 317 g/mol. The fraction of sp³-hybridized carbons (Fsp3) is 0.500.